The highest BCUT2D eigenvalue weighted by Crippen LogP contribution is 2.29. The average Bonchev–Trinajstić information content (AvgIpc) is 2.67. The quantitative estimate of drug-likeness (QED) is 0.777. The monoisotopic (exact) mass is 266 g/mol. The third kappa shape index (κ3) is 2.52. The van der Waals surface area contributed by atoms with Gasteiger partial charge in [-0.15, -0.1) is 0 Å². The highest BCUT2D eigenvalue weighted by Gasteiger charge is 2.37. The van der Waals surface area contributed by atoms with E-state index < -0.39 is 12.0 Å². The Morgan fingerprint density at radius 1 is 1.47 bits per heavy atom. The van der Waals surface area contributed by atoms with Crippen molar-refractivity contribution in [3.63, 3.8) is 0 Å². The Morgan fingerprint density at radius 3 is 2.79 bits per heavy atom. The van der Waals surface area contributed by atoms with Gasteiger partial charge >= 0.3 is 12.0 Å². The van der Waals surface area contributed by atoms with Crippen LogP contribution in [0.25, 0.3) is 0 Å². The standard InChI is InChI=1S/C13H15FN2O3/c1-15-11(9-5-3-4-6-10(9)14)7-16(13(15)18)8-12(17)19-2/h3-6,11H,7-8H2,1-2H3. The van der Waals surface area contributed by atoms with Crippen LogP contribution in [0.1, 0.15) is 11.6 Å². The van der Waals surface area contributed by atoms with E-state index in [-0.39, 0.29) is 24.9 Å². The molecule has 1 fully saturated rings. The molecule has 2 amide bonds. The molecule has 1 atom stereocenters. The number of methoxy groups -OCH3 is 1. The lowest BCUT2D eigenvalue weighted by atomic mass is 10.1. The molecular formula is C13H15FN2O3. The molecule has 6 heteroatoms. The first-order chi connectivity index (χ1) is 9.04. The lowest BCUT2D eigenvalue weighted by Crippen LogP contribution is -2.34. The van der Waals surface area contributed by atoms with E-state index in [0.29, 0.717) is 5.56 Å². The number of carbonyl (C=O) groups excluding carboxylic acids is 2. The molecule has 102 valence electrons. The normalized spacial score (nSPS) is 18.9. The molecule has 0 bridgehead atoms. The molecule has 1 aliphatic rings. The highest BCUT2D eigenvalue weighted by molar-refractivity contribution is 5.82. The van der Waals surface area contributed by atoms with Crippen molar-refractivity contribution in [2.75, 3.05) is 27.2 Å². The summed E-state index contributed by atoms with van der Waals surface area (Å²) < 4.78 is 18.3. The van der Waals surface area contributed by atoms with Crippen molar-refractivity contribution in [2.45, 2.75) is 6.04 Å². The lowest BCUT2D eigenvalue weighted by Gasteiger charge is -2.18. The summed E-state index contributed by atoms with van der Waals surface area (Å²) in [6.45, 7) is 0.149. The Hall–Kier alpha value is -2.11. The fourth-order valence-electron chi connectivity index (χ4n) is 2.17. The molecule has 1 aliphatic heterocycles. The fraction of sp³-hybridized carbons (Fsp3) is 0.385. The van der Waals surface area contributed by atoms with Crippen LogP contribution in [-0.2, 0) is 9.53 Å². The Balaban J connectivity index is 2.19. The third-order valence-corrected chi connectivity index (χ3v) is 3.24. The summed E-state index contributed by atoms with van der Waals surface area (Å²) in [5.41, 5.74) is 0.450. The first kappa shape index (κ1) is 13.3. The summed E-state index contributed by atoms with van der Waals surface area (Å²) in [4.78, 5) is 26.0. The number of hydrogen-bond acceptors (Lipinski definition) is 3. The molecule has 1 aromatic carbocycles. The van der Waals surface area contributed by atoms with Crippen LogP contribution in [0.15, 0.2) is 24.3 Å². The van der Waals surface area contributed by atoms with Crippen molar-refractivity contribution in [3.05, 3.63) is 35.6 Å². The van der Waals surface area contributed by atoms with Gasteiger partial charge < -0.3 is 14.5 Å². The molecular weight excluding hydrogens is 251 g/mol. The molecule has 1 aromatic rings. The van der Waals surface area contributed by atoms with Gasteiger partial charge in [-0.2, -0.15) is 0 Å². The van der Waals surface area contributed by atoms with Crippen LogP contribution in [-0.4, -0.2) is 49.0 Å². The van der Waals surface area contributed by atoms with Gasteiger partial charge in [-0.25, -0.2) is 9.18 Å². The SMILES string of the molecule is COC(=O)CN1CC(c2ccccc2F)N(C)C1=O. The maximum atomic E-state index is 13.7. The van der Waals surface area contributed by atoms with E-state index in [1.54, 1.807) is 25.2 Å². The number of esters is 1. The number of benzene rings is 1. The number of urea groups is 1. The maximum absolute atomic E-state index is 13.7. The fourth-order valence-corrected chi connectivity index (χ4v) is 2.17. The summed E-state index contributed by atoms with van der Waals surface area (Å²) in [7, 11) is 2.86. The first-order valence-corrected chi connectivity index (χ1v) is 5.87. The molecule has 0 spiro atoms. The van der Waals surface area contributed by atoms with Crippen molar-refractivity contribution >= 4 is 12.0 Å². The lowest BCUT2D eigenvalue weighted by molar-refractivity contribution is -0.141. The molecule has 0 saturated carbocycles. The molecule has 19 heavy (non-hydrogen) atoms. The zero-order valence-electron chi connectivity index (χ0n) is 10.8. The van der Waals surface area contributed by atoms with Crippen LogP contribution < -0.4 is 0 Å². The number of ether oxygens (including phenoxy) is 1. The minimum Gasteiger partial charge on any atom is -0.468 e. The van der Waals surface area contributed by atoms with Crippen molar-refractivity contribution in [3.8, 4) is 0 Å². The molecule has 5 nitrogen and oxygen atoms in total. The smallest absolute Gasteiger partial charge is 0.325 e. The van der Waals surface area contributed by atoms with Gasteiger partial charge in [-0.05, 0) is 6.07 Å². The molecule has 0 radical (unpaired) electrons. The number of rotatable bonds is 3. The second kappa shape index (κ2) is 5.26. The predicted molar refractivity (Wildman–Crippen MR) is 65.9 cm³/mol. The second-order valence-electron chi connectivity index (χ2n) is 4.39. The summed E-state index contributed by atoms with van der Waals surface area (Å²) in [5, 5.41) is 0. The number of amides is 2. The van der Waals surface area contributed by atoms with Crippen LogP contribution in [0.4, 0.5) is 9.18 Å². The van der Waals surface area contributed by atoms with Crippen LogP contribution in [0.2, 0.25) is 0 Å². The van der Waals surface area contributed by atoms with E-state index in [4.69, 9.17) is 0 Å². The van der Waals surface area contributed by atoms with E-state index in [9.17, 15) is 14.0 Å². The Morgan fingerprint density at radius 2 is 2.16 bits per heavy atom. The molecule has 0 N–H and O–H groups in total. The van der Waals surface area contributed by atoms with Crippen molar-refractivity contribution in [2.24, 2.45) is 0 Å². The number of carbonyl (C=O) groups is 2. The van der Waals surface area contributed by atoms with E-state index in [0.717, 1.165) is 0 Å². The predicted octanol–water partition coefficient (Wildman–Crippen LogP) is 1.41. The summed E-state index contributed by atoms with van der Waals surface area (Å²) >= 11 is 0. The Bertz CT molecular complexity index is 506. The first-order valence-electron chi connectivity index (χ1n) is 5.87. The van der Waals surface area contributed by atoms with Gasteiger partial charge in [0.2, 0.25) is 0 Å². The number of nitrogens with zero attached hydrogens (tertiary/aromatic N) is 2. The van der Waals surface area contributed by atoms with Gasteiger partial charge in [-0.1, -0.05) is 18.2 Å². The topological polar surface area (TPSA) is 49.9 Å². The Kier molecular flexibility index (Phi) is 3.69. The van der Waals surface area contributed by atoms with Crippen molar-refractivity contribution < 1.29 is 18.7 Å². The summed E-state index contributed by atoms with van der Waals surface area (Å²) in [6, 6.07) is 5.63. The van der Waals surface area contributed by atoms with E-state index in [1.165, 1.54) is 23.0 Å². The van der Waals surface area contributed by atoms with Gasteiger partial charge in [0.25, 0.3) is 0 Å². The average molecular weight is 266 g/mol. The van der Waals surface area contributed by atoms with Gasteiger partial charge in [-0.3, -0.25) is 4.79 Å². The molecule has 1 saturated heterocycles. The molecule has 0 aliphatic carbocycles. The third-order valence-electron chi connectivity index (χ3n) is 3.24. The van der Waals surface area contributed by atoms with E-state index >= 15 is 0 Å². The van der Waals surface area contributed by atoms with Crippen LogP contribution >= 0.6 is 0 Å². The van der Waals surface area contributed by atoms with Crippen LogP contribution in [0.5, 0.6) is 0 Å². The van der Waals surface area contributed by atoms with Gasteiger partial charge in [0, 0.05) is 19.2 Å². The van der Waals surface area contributed by atoms with Crippen molar-refractivity contribution in [1.82, 2.24) is 9.80 Å². The van der Waals surface area contributed by atoms with Gasteiger partial charge in [0.1, 0.15) is 12.4 Å². The van der Waals surface area contributed by atoms with Crippen LogP contribution in [0, 0.1) is 5.82 Å². The molecule has 1 unspecified atom stereocenters. The number of halogens is 1. The maximum Gasteiger partial charge on any atom is 0.325 e. The van der Waals surface area contributed by atoms with E-state index in [2.05, 4.69) is 4.74 Å². The minimum absolute atomic E-state index is 0.120. The summed E-state index contributed by atoms with van der Waals surface area (Å²) in [5.74, 6) is -0.844. The molecule has 0 aromatic heterocycles. The van der Waals surface area contributed by atoms with Gasteiger partial charge in [0.05, 0.1) is 13.2 Å². The molecule has 2 rings (SSSR count). The minimum atomic E-state index is -0.490. The molecule has 1 heterocycles. The van der Waals surface area contributed by atoms with Gasteiger partial charge in [0.15, 0.2) is 0 Å². The Labute approximate surface area is 110 Å². The largest absolute Gasteiger partial charge is 0.468 e. The zero-order chi connectivity index (χ0) is 14.0. The van der Waals surface area contributed by atoms with Crippen LogP contribution in [0.3, 0.4) is 0 Å². The number of hydrogen-bond donors (Lipinski definition) is 0. The summed E-state index contributed by atoms with van der Waals surface area (Å²) in [6.07, 6.45) is 0. The second-order valence-corrected chi connectivity index (χ2v) is 4.39. The highest BCUT2D eigenvalue weighted by atomic mass is 19.1. The van der Waals surface area contributed by atoms with E-state index in [1.807, 2.05) is 0 Å². The van der Waals surface area contributed by atoms with Crippen molar-refractivity contribution in [1.29, 1.82) is 0 Å². The number of likely N-dealkylation sites (N-methyl/N-ethyl adjacent to an activating group) is 1. The zero-order valence-corrected chi connectivity index (χ0v) is 10.8.